The number of hydrogen-bond donors (Lipinski definition) is 1. The van der Waals surface area contributed by atoms with Gasteiger partial charge in [0.05, 0.1) is 12.7 Å². The molecule has 0 spiro atoms. The highest BCUT2D eigenvalue weighted by Gasteiger charge is 2.12. The molecule has 0 aliphatic rings. The zero-order valence-corrected chi connectivity index (χ0v) is 12.0. The summed E-state index contributed by atoms with van der Waals surface area (Å²) in [6.07, 6.45) is 3.41. The average Bonchev–Trinajstić information content (AvgIpc) is 2.47. The minimum Gasteiger partial charge on any atom is -0.497 e. The molecule has 1 amide bonds. The number of anilines is 1. The van der Waals surface area contributed by atoms with Crippen LogP contribution in [0.4, 0.5) is 5.69 Å². The van der Waals surface area contributed by atoms with Gasteiger partial charge in [0.2, 0.25) is 6.54 Å². The Kier molecular flexibility index (Phi) is 4.66. The molecular weight excluding hydrogens is 268 g/mol. The number of nitrogens with one attached hydrogen (secondary N) is 1. The van der Waals surface area contributed by atoms with Crippen LogP contribution in [0.1, 0.15) is 17.3 Å². The number of carbonyl (C=O) groups is 2. The number of ether oxygens (including phenoxy) is 1. The number of carbonyl (C=O) groups excluding carboxylic acids is 2. The van der Waals surface area contributed by atoms with Gasteiger partial charge in [0, 0.05) is 17.8 Å². The molecule has 5 heteroatoms. The van der Waals surface area contributed by atoms with Crippen molar-refractivity contribution in [2.45, 2.75) is 13.5 Å². The van der Waals surface area contributed by atoms with Crippen LogP contribution in [0.2, 0.25) is 0 Å². The summed E-state index contributed by atoms with van der Waals surface area (Å²) >= 11 is 0. The molecule has 5 nitrogen and oxygen atoms in total. The van der Waals surface area contributed by atoms with Crippen molar-refractivity contribution in [3.63, 3.8) is 0 Å². The Labute approximate surface area is 123 Å². The maximum Gasteiger partial charge on any atom is 0.290 e. The van der Waals surface area contributed by atoms with E-state index < -0.39 is 0 Å². The molecule has 1 aromatic heterocycles. The molecule has 0 atom stereocenters. The van der Waals surface area contributed by atoms with E-state index in [0.717, 1.165) is 0 Å². The second-order valence-corrected chi connectivity index (χ2v) is 4.60. The molecule has 0 unspecified atom stereocenters. The minimum atomic E-state index is -0.172. The van der Waals surface area contributed by atoms with Gasteiger partial charge in [-0.1, -0.05) is 6.07 Å². The van der Waals surface area contributed by atoms with Gasteiger partial charge in [-0.05, 0) is 25.1 Å². The van der Waals surface area contributed by atoms with E-state index in [2.05, 4.69) is 5.32 Å². The Morgan fingerprint density at radius 3 is 2.76 bits per heavy atom. The Bertz CT molecular complexity index is 668. The van der Waals surface area contributed by atoms with E-state index in [9.17, 15) is 9.59 Å². The van der Waals surface area contributed by atoms with Crippen LogP contribution in [0.5, 0.6) is 5.75 Å². The number of amides is 1. The summed E-state index contributed by atoms with van der Waals surface area (Å²) in [7, 11) is 1.57. The third-order valence-electron chi connectivity index (χ3n) is 2.94. The molecule has 0 bridgehead atoms. The average molecular weight is 285 g/mol. The summed E-state index contributed by atoms with van der Waals surface area (Å²) in [4.78, 5) is 23.3. The highest BCUT2D eigenvalue weighted by atomic mass is 16.5. The first kappa shape index (κ1) is 14.7. The monoisotopic (exact) mass is 285 g/mol. The highest BCUT2D eigenvalue weighted by Crippen LogP contribution is 2.16. The lowest BCUT2D eigenvalue weighted by atomic mass is 10.2. The zero-order valence-electron chi connectivity index (χ0n) is 12.0. The standard InChI is InChI=1S/C16H16N2O3/c1-12(19)13-5-4-8-18(10-13)11-16(20)17-14-6-3-7-15(9-14)21-2/h3-10H,11H2,1-2H3/p+1. The Morgan fingerprint density at radius 1 is 1.24 bits per heavy atom. The van der Waals surface area contributed by atoms with Gasteiger partial charge in [-0.25, -0.2) is 0 Å². The molecule has 0 fully saturated rings. The van der Waals surface area contributed by atoms with Gasteiger partial charge in [-0.3, -0.25) is 9.59 Å². The summed E-state index contributed by atoms with van der Waals surface area (Å²) in [6, 6.07) is 10.6. The Balaban J connectivity index is 2.04. The maximum absolute atomic E-state index is 12.0. The molecule has 1 aromatic carbocycles. The van der Waals surface area contributed by atoms with Crippen molar-refractivity contribution in [2.75, 3.05) is 12.4 Å². The molecule has 21 heavy (non-hydrogen) atoms. The van der Waals surface area contributed by atoms with Gasteiger partial charge in [0.15, 0.2) is 18.2 Å². The van der Waals surface area contributed by atoms with Crippen LogP contribution < -0.4 is 14.6 Å². The van der Waals surface area contributed by atoms with Crippen LogP contribution in [0, 0.1) is 0 Å². The van der Waals surface area contributed by atoms with Crippen LogP contribution >= 0.6 is 0 Å². The second kappa shape index (κ2) is 6.65. The lowest BCUT2D eigenvalue weighted by Gasteiger charge is -2.05. The normalized spacial score (nSPS) is 10.0. The Hall–Kier alpha value is -2.69. The molecule has 1 heterocycles. The van der Waals surface area contributed by atoms with Crippen LogP contribution in [0.3, 0.4) is 0 Å². The fraction of sp³-hybridized carbons (Fsp3) is 0.188. The van der Waals surface area contributed by atoms with Crippen LogP contribution in [0.25, 0.3) is 0 Å². The summed E-state index contributed by atoms with van der Waals surface area (Å²) in [5, 5.41) is 2.79. The number of hydrogen-bond acceptors (Lipinski definition) is 3. The molecule has 0 aliphatic heterocycles. The van der Waals surface area contributed by atoms with E-state index in [1.165, 1.54) is 6.92 Å². The molecular formula is C16H17N2O3+. The van der Waals surface area contributed by atoms with Crippen LogP contribution in [-0.4, -0.2) is 18.8 Å². The van der Waals surface area contributed by atoms with E-state index in [1.54, 1.807) is 60.5 Å². The van der Waals surface area contributed by atoms with E-state index in [4.69, 9.17) is 4.74 Å². The highest BCUT2D eigenvalue weighted by molar-refractivity contribution is 5.93. The number of pyridine rings is 1. The third-order valence-corrected chi connectivity index (χ3v) is 2.94. The fourth-order valence-electron chi connectivity index (χ4n) is 1.90. The molecule has 1 N–H and O–H groups in total. The van der Waals surface area contributed by atoms with Crippen molar-refractivity contribution in [1.29, 1.82) is 0 Å². The molecule has 0 saturated carbocycles. The van der Waals surface area contributed by atoms with Crippen molar-refractivity contribution in [1.82, 2.24) is 0 Å². The van der Waals surface area contributed by atoms with E-state index in [-0.39, 0.29) is 18.2 Å². The van der Waals surface area contributed by atoms with Crippen molar-refractivity contribution in [2.24, 2.45) is 0 Å². The Morgan fingerprint density at radius 2 is 2.05 bits per heavy atom. The summed E-state index contributed by atoms with van der Waals surface area (Å²) < 4.78 is 6.78. The first-order valence-electron chi connectivity index (χ1n) is 6.52. The summed E-state index contributed by atoms with van der Waals surface area (Å²) in [5.74, 6) is 0.477. The predicted octanol–water partition coefficient (Wildman–Crippen LogP) is 1.82. The van der Waals surface area contributed by atoms with E-state index in [0.29, 0.717) is 17.0 Å². The summed E-state index contributed by atoms with van der Waals surface area (Å²) in [5.41, 5.74) is 1.24. The maximum atomic E-state index is 12.0. The number of ketones is 1. The predicted molar refractivity (Wildman–Crippen MR) is 78.3 cm³/mol. The number of aromatic nitrogens is 1. The van der Waals surface area contributed by atoms with E-state index in [1.807, 2.05) is 0 Å². The first-order chi connectivity index (χ1) is 10.1. The number of methoxy groups -OCH3 is 1. The first-order valence-corrected chi connectivity index (χ1v) is 6.52. The third kappa shape index (κ3) is 4.14. The van der Waals surface area contributed by atoms with Gasteiger partial charge in [-0.2, -0.15) is 4.57 Å². The molecule has 2 rings (SSSR count). The van der Waals surface area contributed by atoms with Crippen molar-refractivity contribution in [3.05, 3.63) is 54.4 Å². The van der Waals surface area contributed by atoms with Gasteiger partial charge < -0.3 is 10.1 Å². The quantitative estimate of drug-likeness (QED) is 0.673. The van der Waals surface area contributed by atoms with Gasteiger partial charge >= 0.3 is 0 Å². The van der Waals surface area contributed by atoms with E-state index >= 15 is 0 Å². The fourth-order valence-corrected chi connectivity index (χ4v) is 1.90. The lowest BCUT2D eigenvalue weighted by Crippen LogP contribution is -2.40. The number of benzene rings is 1. The minimum absolute atomic E-state index is 0.0300. The second-order valence-electron chi connectivity index (χ2n) is 4.60. The topological polar surface area (TPSA) is 59.3 Å². The molecule has 0 radical (unpaired) electrons. The number of nitrogens with zero attached hydrogens (tertiary/aromatic N) is 1. The van der Waals surface area contributed by atoms with Gasteiger partial charge in [-0.15, -0.1) is 0 Å². The van der Waals surface area contributed by atoms with Crippen molar-refractivity contribution >= 4 is 17.4 Å². The smallest absolute Gasteiger partial charge is 0.290 e. The van der Waals surface area contributed by atoms with Gasteiger partial charge in [0.25, 0.3) is 5.91 Å². The number of Topliss-reactive ketones (excluding diaryl/α,β-unsaturated/α-hetero) is 1. The molecule has 0 aliphatic carbocycles. The van der Waals surface area contributed by atoms with Crippen molar-refractivity contribution in [3.8, 4) is 5.75 Å². The molecule has 2 aromatic rings. The molecule has 108 valence electrons. The van der Waals surface area contributed by atoms with Crippen LogP contribution in [0.15, 0.2) is 48.8 Å². The van der Waals surface area contributed by atoms with Crippen LogP contribution in [-0.2, 0) is 11.3 Å². The lowest BCUT2D eigenvalue weighted by molar-refractivity contribution is -0.684. The zero-order chi connectivity index (χ0) is 15.2. The number of rotatable bonds is 5. The van der Waals surface area contributed by atoms with Crippen molar-refractivity contribution < 1.29 is 18.9 Å². The molecule has 0 saturated heterocycles. The largest absolute Gasteiger partial charge is 0.497 e. The SMILES string of the molecule is COc1cccc(NC(=O)C[n+]2cccc(C(C)=O)c2)c1. The summed E-state index contributed by atoms with van der Waals surface area (Å²) in [6.45, 7) is 1.63. The van der Waals surface area contributed by atoms with Gasteiger partial charge in [0.1, 0.15) is 5.75 Å².